The second kappa shape index (κ2) is 6.94. The lowest BCUT2D eigenvalue weighted by Gasteiger charge is -2.41. The summed E-state index contributed by atoms with van der Waals surface area (Å²) in [6.07, 6.45) is 1.82. The Morgan fingerprint density at radius 3 is 2.75 bits per heavy atom. The molecule has 0 saturated carbocycles. The second-order valence-electron chi connectivity index (χ2n) is 6.26. The molecule has 0 aromatic heterocycles. The standard InChI is InChI=1S/C20H20N2O5S/c1-4-21-15-8-6-7-9-17(15)28-20(21)18(26-5-2)11-13-10-14(22(23)24)12-16(25-3)19(13)27-20/h6-12H,4-5H2,1-3H3. The van der Waals surface area contributed by atoms with Crippen molar-refractivity contribution < 1.29 is 19.1 Å². The predicted molar refractivity (Wildman–Crippen MR) is 108 cm³/mol. The molecule has 2 aliphatic heterocycles. The zero-order chi connectivity index (χ0) is 19.9. The Morgan fingerprint density at radius 1 is 1.29 bits per heavy atom. The molecule has 0 fully saturated rings. The van der Waals surface area contributed by atoms with E-state index in [1.807, 2.05) is 31.2 Å². The maximum Gasteiger partial charge on any atom is 0.295 e. The molecule has 2 aliphatic rings. The monoisotopic (exact) mass is 400 g/mol. The summed E-state index contributed by atoms with van der Waals surface area (Å²) >= 11 is 1.55. The molecular weight excluding hydrogens is 380 g/mol. The van der Waals surface area contributed by atoms with E-state index in [-0.39, 0.29) is 5.69 Å². The molecule has 28 heavy (non-hydrogen) atoms. The molecule has 1 unspecified atom stereocenters. The molecule has 0 bridgehead atoms. The Balaban J connectivity index is 1.91. The van der Waals surface area contributed by atoms with Crippen molar-refractivity contribution in [2.75, 3.05) is 25.2 Å². The number of nitro benzene ring substituents is 1. The SMILES string of the molecule is CCOC1=Cc2cc([N+](=O)[O-])cc(OC)c2OC12Sc1ccccc1N2CC. The number of ether oxygens (including phenoxy) is 3. The molecule has 1 spiro atoms. The number of hydrogen-bond acceptors (Lipinski definition) is 7. The Hall–Kier alpha value is -2.87. The van der Waals surface area contributed by atoms with E-state index in [0.717, 1.165) is 10.6 Å². The molecule has 0 N–H and O–H groups in total. The number of methoxy groups -OCH3 is 1. The number of non-ortho nitro benzene ring substituents is 1. The van der Waals surface area contributed by atoms with E-state index in [4.69, 9.17) is 14.2 Å². The van der Waals surface area contributed by atoms with Crippen LogP contribution in [0.4, 0.5) is 11.4 Å². The average molecular weight is 400 g/mol. The number of benzene rings is 2. The minimum absolute atomic E-state index is 0.0584. The van der Waals surface area contributed by atoms with Crippen LogP contribution in [0, 0.1) is 10.1 Å². The summed E-state index contributed by atoms with van der Waals surface area (Å²) in [5, 5.41) is 10.4. The fourth-order valence-electron chi connectivity index (χ4n) is 3.56. The minimum Gasteiger partial charge on any atom is -0.493 e. The van der Waals surface area contributed by atoms with Crippen LogP contribution in [0.25, 0.3) is 6.08 Å². The van der Waals surface area contributed by atoms with Crippen LogP contribution in [0.5, 0.6) is 11.5 Å². The van der Waals surface area contributed by atoms with Crippen LogP contribution in [0.2, 0.25) is 0 Å². The Bertz CT molecular complexity index is 977. The minimum atomic E-state index is -0.926. The number of para-hydroxylation sites is 1. The van der Waals surface area contributed by atoms with Gasteiger partial charge in [0.15, 0.2) is 17.3 Å². The molecule has 2 heterocycles. The summed E-state index contributed by atoms with van der Waals surface area (Å²) in [6.45, 7) is 5.10. The van der Waals surface area contributed by atoms with Crippen molar-refractivity contribution in [3.8, 4) is 11.5 Å². The van der Waals surface area contributed by atoms with E-state index in [1.165, 1.54) is 19.2 Å². The van der Waals surface area contributed by atoms with E-state index >= 15 is 0 Å². The van der Waals surface area contributed by atoms with Crippen molar-refractivity contribution >= 4 is 29.2 Å². The van der Waals surface area contributed by atoms with Gasteiger partial charge in [-0.1, -0.05) is 12.1 Å². The van der Waals surface area contributed by atoms with Gasteiger partial charge in [0.1, 0.15) is 0 Å². The zero-order valence-corrected chi connectivity index (χ0v) is 16.6. The largest absolute Gasteiger partial charge is 0.493 e. The van der Waals surface area contributed by atoms with Crippen LogP contribution >= 0.6 is 11.8 Å². The number of thioether (sulfide) groups is 1. The van der Waals surface area contributed by atoms with Crippen LogP contribution in [0.3, 0.4) is 0 Å². The Labute approximate surface area is 167 Å². The maximum atomic E-state index is 11.3. The third kappa shape index (κ3) is 2.67. The first-order chi connectivity index (χ1) is 13.5. The van der Waals surface area contributed by atoms with Crippen molar-refractivity contribution in [1.82, 2.24) is 0 Å². The van der Waals surface area contributed by atoms with Gasteiger partial charge in [0.05, 0.1) is 30.4 Å². The highest BCUT2D eigenvalue weighted by molar-refractivity contribution is 8.01. The number of hydrogen-bond donors (Lipinski definition) is 0. The van der Waals surface area contributed by atoms with Gasteiger partial charge in [-0.15, -0.1) is 0 Å². The third-order valence-corrected chi connectivity index (χ3v) is 6.06. The normalized spacial score (nSPS) is 19.5. The summed E-state index contributed by atoms with van der Waals surface area (Å²) in [4.78, 5) is 14.1. The average Bonchev–Trinajstić information content (AvgIpc) is 3.01. The van der Waals surface area contributed by atoms with Crippen LogP contribution in [0.1, 0.15) is 19.4 Å². The zero-order valence-electron chi connectivity index (χ0n) is 15.8. The number of nitrogens with zero attached hydrogens (tertiary/aromatic N) is 2. The topological polar surface area (TPSA) is 74.1 Å². The van der Waals surface area contributed by atoms with Crippen LogP contribution in [-0.4, -0.2) is 30.2 Å². The molecule has 1 atom stereocenters. The Kier molecular flexibility index (Phi) is 4.58. The van der Waals surface area contributed by atoms with Crippen LogP contribution < -0.4 is 14.4 Å². The molecule has 0 radical (unpaired) electrons. The molecule has 0 aliphatic carbocycles. The highest BCUT2D eigenvalue weighted by atomic mass is 32.2. The third-order valence-electron chi connectivity index (χ3n) is 4.71. The van der Waals surface area contributed by atoms with Crippen molar-refractivity contribution in [2.45, 2.75) is 23.8 Å². The van der Waals surface area contributed by atoms with Crippen molar-refractivity contribution in [3.63, 3.8) is 0 Å². The summed E-state index contributed by atoms with van der Waals surface area (Å²) in [7, 11) is 1.48. The lowest BCUT2D eigenvalue weighted by Crippen LogP contribution is -2.51. The van der Waals surface area contributed by atoms with Crippen LogP contribution in [-0.2, 0) is 4.74 Å². The van der Waals surface area contributed by atoms with E-state index in [0.29, 0.717) is 36.0 Å². The Morgan fingerprint density at radius 2 is 2.07 bits per heavy atom. The van der Waals surface area contributed by atoms with Gasteiger partial charge in [-0.25, -0.2) is 0 Å². The second-order valence-corrected chi connectivity index (χ2v) is 7.46. The first-order valence-electron chi connectivity index (χ1n) is 9.00. The lowest BCUT2D eigenvalue weighted by molar-refractivity contribution is -0.385. The van der Waals surface area contributed by atoms with E-state index in [1.54, 1.807) is 11.8 Å². The van der Waals surface area contributed by atoms with Gasteiger partial charge >= 0.3 is 0 Å². The van der Waals surface area contributed by atoms with E-state index in [2.05, 4.69) is 17.9 Å². The highest BCUT2D eigenvalue weighted by Crippen LogP contribution is 2.58. The molecular formula is C20H20N2O5S. The van der Waals surface area contributed by atoms with Gasteiger partial charge in [0.2, 0.25) is 0 Å². The van der Waals surface area contributed by atoms with Crippen LogP contribution in [0.15, 0.2) is 47.1 Å². The number of likely N-dealkylation sites (N-methyl/N-ethyl adjacent to an activating group) is 1. The molecule has 8 heteroatoms. The summed E-state index contributed by atoms with van der Waals surface area (Å²) in [6, 6.07) is 10.9. The number of anilines is 1. The molecule has 7 nitrogen and oxygen atoms in total. The summed E-state index contributed by atoms with van der Waals surface area (Å²) < 4.78 is 17.9. The van der Waals surface area contributed by atoms with Gasteiger partial charge in [-0.3, -0.25) is 10.1 Å². The highest BCUT2D eigenvalue weighted by Gasteiger charge is 2.53. The molecule has 0 saturated heterocycles. The summed E-state index contributed by atoms with van der Waals surface area (Å²) in [5.74, 6) is 1.39. The maximum absolute atomic E-state index is 11.3. The summed E-state index contributed by atoms with van der Waals surface area (Å²) in [5.41, 5.74) is 1.56. The van der Waals surface area contributed by atoms with Gasteiger partial charge in [0.25, 0.3) is 10.7 Å². The van der Waals surface area contributed by atoms with Crippen molar-refractivity contribution in [3.05, 3.63) is 57.8 Å². The smallest absolute Gasteiger partial charge is 0.295 e. The van der Waals surface area contributed by atoms with E-state index < -0.39 is 9.98 Å². The van der Waals surface area contributed by atoms with Gasteiger partial charge in [-0.2, -0.15) is 0 Å². The van der Waals surface area contributed by atoms with Crippen molar-refractivity contribution in [2.24, 2.45) is 0 Å². The number of nitro groups is 1. The number of rotatable bonds is 5. The lowest BCUT2D eigenvalue weighted by atomic mass is 10.1. The van der Waals surface area contributed by atoms with E-state index in [9.17, 15) is 10.1 Å². The molecule has 0 amide bonds. The predicted octanol–water partition coefficient (Wildman–Crippen LogP) is 4.66. The molecule has 2 aromatic carbocycles. The quantitative estimate of drug-likeness (QED) is 0.534. The molecule has 146 valence electrons. The van der Waals surface area contributed by atoms with Gasteiger partial charge in [-0.05, 0) is 43.8 Å². The molecule has 4 rings (SSSR count). The first kappa shape index (κ1) is 18.5. The molecule has 2 aromatic rings. The van der Waals surface area contributed by atoms with Crippen molar-refractivity contribution in [1.29, 1.82) is 0 Å². The fourth-order valence-corrected chi connectivity index (χ4v) is 4.97. The number of fused-ring (bicyclic) bond motifs is 2. The first-order valence-corrected chi connectivity index (χ1v) is 9.81. The van der Waals surface area contributed by atoms with Gasteiger partial charge < -0.3 is 19.1 Å². The van der Waals surface area contributed by atoms with Gasteiger partial charge in [0, 0.05) is 23.1 Å². The fraction of sp³-hybridized carbons (Fsp3) is 0.300.